The van der Waals surface area contributed by atoms with Crippen molar-refractivity contribution in [3.63, 3.8) is 0 Å². The van der Waals surface area contributed by atoms with Crippen molar-refractivity contribution in [1.29, 1.82) is 0 Å². The first-order chi connectivity index (χ1) is 3.43. The van der Waals surface area contributed by atoms with Crippen molar-refractivity contribution in [2.75, 3.05) is 0 Å². The zero-order valence-corrected chi connectivity index (χ0v) is 4.48. The molecule has 3 fully saturated rings. The third kappa shape index (κ3) is 0.167. The topological polar surface area (TPSA) is 0 Å². The Morgan fingerprint density at radius 1 is 1.29 bits per heavy atom. The largest absolute Gasteiger partial charge is 0.0525 e. The molecule has 3 aliphatic carbocycles. The van der Waals surface area contributed by atoms with Gasteiger partial charge in [0.1, 0.15) is 0 Å². The fourth-order valence-electron chi connectivity index (χ4n) is 2.77. The number of rotatable bonds is 0. The summed E-state index contributed by atoms with van der Waals surface area (Å²) in [5.74, 6) is 2.52. The quantitative estimate of drug-likeness (QED) is 0.429. The van der Waals surface area contributed by atoms with E-state index in [1.165, 1.54) is 11.8 Å². The van der Waals surface area contributed by atoms with Crippen molar-refractivity contribution in [2.45, 2.75) is 25.7 Å². The van der Waals surface area contributed by atoms with Gasteiger partial charge in [0.2, 0.25) is 0 Å². The van der Waals surface area contributed by atoms with E-state index in [2.05, 4.69) is 0 Å². The molecule has 1 spiro atoms. The molecule has 2 unspecified atom stereocenters. The molecule has 3 rings (SSSR count). The lowest BCUT2D eigenvalue weighted by molar-refractivity contribution is 0.563. The Morgan fingerprint density at radius 2 is 2.29 bits per heavy atom. The van der Waals surface area contributed by atoms with E-state index in [-0.39, 0.29) is 0 Å². The van der Waals surface area contributed by atoms with Crippen molar-refractivity contribution >= 4 is 0 Å². The highest BCUT2D eigenvalue weighted by molar-refractivity contribution is 5.27. The second kappa shape index (κ2) is 0.586. The lowest BCUT2D eigenvalue weighted by Gasteiger charge is -1.93. The van der Waals surface area contributed by atoms with Crippen LogP contribution in [0.4, 0.5) is 0 Å². The van der Waals surface area contributed by atoms with Gasteiger partial charge in [-0.25, -0.2) is 0 Å². The van der Waals surface area contributed by atoms with Gasteiger partial charge in [0.05, 0.1) is 0 Å². The van der Waals surface area contributed by atoms with Crippen LogP contribution in [0.3, 0.4) is 0 Å². The summed E-state index contributed by atoms with van der Waals surface area (Å²) in [7, 11) is 0. The summed E-state index contributed by atoms with van der Waals surface area (Å²) in [5, 5.41) is 0. The van der Waals surface area contributed by atoms with Crippen LogP contribution < -0.4 is 0 Å². The van der Waals surface area contributed by atoms with Gasteiger partial charge in [-0.05, 0) is 36.5 Å². The van der Waals surface area contributed by atoms with Crippen LogP contribution in [0.2, 0.25) is 0 Å². The van der Waals surface area contributed by atoms with Crippen LogP contribution in [0, 0.1) is 17.3 Å². The summed E-state index contributed by atoms with van der Waals surface area (Å²) in [6.45, 7) is 0. The summed E-state index contributed by atoms with van der Waals surface area (Å²) in [4.78, 5) is 0. The fraction of sp³-hybridized carbons (Fsp3) is 1.00. The molecule has 3 aliphatic rings. The molecule has 0 heterocycles. The van der Waals surface area contributed by atoms with E-state index in [1.807, 2.05) is 0 Å². The van der Waals surface area contributed by atoms with Crippen LogP contribution in [0.15, 0.2) is 0 Å². The van der Waals surface area contributed by atoms with Crippen LogP contribution in [0.1, 0.15) is 25.7 Å². The summed E-state index contributed by atoms with van der Waals surface area (Å²) < 4.78 is 0. The zero-order chi connectivity index (χ0) is 4.48. The van der Waals surface area contributed by atoms with E-state index in [1.54, 1.807) is 25.7 Å². The minimum atomic E-state index is 1.03. The molecule has 0 aromatic heterocycles. The Hall–Kier alpha value is 0. The van der Waals surface area contributed by atoms with Crippen molar-refractivity contribution in [1.82, 2.24) is 0 Å². The molecular weight excluding hydrogens is 84.1 g/mol. The van der Waals surface area contributed by atoms with E-state index in [0.29, 0.717) is 0 Å². The van der Waals surface area contributed by atoms with Gasteiger partial charge in [-0.15, -0.1) is 0 Å². The SMILES string of the molecule is C1CC2[C@H]3CC23C1. The van der Waals surface area contributed by atoms with Gasteiger partial charge in [-0.2, -0.15) is 0 Å². The second-order valence-electron chi connectivity index (χ2n) is 3.54. The van der Waals surface area contributed by atoms with E-state index >= 15 is 0 Å². The van der Waals surface area contributed by atoms with Crippen LogP contribution in [-0.4, -0.2) is 0 Å². The number of fused-ring (bicyclic) bond motifs is 1. The molecule has 0 bridgehead atoms. The van der Waals surface area contributed by atoms with Crippen molar-refractivity contribution in [3.05, 3.63) is 0 Å². The molecule has 0 aromatic carbocycles. The van der Waals surface area contributed by atoms with E-state index < -0.39 is 0 Å². The lowest BCUT2D eigenvalue weighted by Crippen LogP contribution is -1.85. The summed E-state index contributed by atoms with van der Waals surface area (Å²) in [6.07, 6.45) is 6.37. The minimum Gasteiger partial charge on any atom is -0.0525 e. The molecule has 3 saturated carbocycles. The van der Waals surface area contributed by atoms with E-state index in [4.69, 9.17) is 0 Å². The molecule has 0 aliphatic heterocycles. The average Bonchev–Trinajstić information content (AvgIpc) is 2.41. The monoisotopic (exact) mass is 94.1 g/mol. The molecule has 0 N–H and O–H groups in total. The predicted octanol–water partition coefficient (Wildman–Crippen LogP) is 1.81. The average molecular weight is 94.2 g/mol. The Balaban J connectivity index is 2.07. The maximum absolute atomic E-state index is 1.62. The first-order valence-electron chi connectivity index (χ1n) is 3.43. The molecule has 0 nitrogen and oxygen atoms in total. The highest BCUT2D eigenvalue weighted by atomic mass is 14.8. The maximum atomic E-state index is 1.62. The fourth-order valence-corrected chi connectivity index (χ4v) is 2.77. The van der Waals surface area contributed by atoms with Crippen molar-refractivity contribution < 1.29 is 0 Å². The first kappa shape index (κ1) is 3.11. The molecule has 7 heavy (non-hydrogen) atoms. The third-order valence-electron chi connectivity index (χ3n) is 3.45. The van der Waals surface area contributed by atoms with Gasteiger partial charge >= 0.3 is 0 Å². The highest BCUT2D eigenvalue weighted by Crippen LogP contribution is 2.86. The Labute approximate surface area is 43.9 Å². The number of hydrogen-bond donors (Lipinski definition) is 0. The molecule has 0 amide bonds. The van der Waals surface area contributed by atoms with Crippen LogP contribution in [0.5, 0.6) is 0 Å². The maximum Gasteiger partial charge on any atom is -0.0232 e. The number of hydrogen-bond acceptors (Lipinski definition) is 0. The van der Waals surface area contributed by atoms with Gasteiger partial charge in [-0.1, -0.05) is 6.42 Å². The smallest absolute Gasteiger partial charge is 0.0232 e. The molecule has 0 radical (unpaired) electrons. The van der Waals surface area contributed by atoms with Gasteiger partial charge in [0.25, 0.3) is 0 Å². The van der Waals surface area contributed by atoms with Crippen molar-refractivity contribution in [2.24, 2.45) is 17.3 Å². The summed E-state index contributed by atoms with van der Waals surface area (Å²) >= 11 is 0. The minimum absolute atomic E-state index is 1.03. The molecule has 0 saturated heterocycles. The Bertz CT molecular complexity index is 128. The van der Waals surface area contributed by atoms with Crippen LogP contribution >= 0.6 is 0 Å². The first-order valence-corrected chi connectivity index (χ1v) is 3.43. The highest BCUT2D eigenvalue weighted by Gasteiger charge is 2.79. The molecule has 0 heteroatoms. The van der Waals surface area contributed by atoms with Gasteiger partial charge in [0, 0.05) is 0 Å². The van der Waals surface area contributed by atoms with Gasteiger partial charge < -0.3 is 0 Å². The third-order valence-corrected chi connectivity index (χ3v) is 3.45. The molecular formula is C7H10. The van der Waals surface area contributed by atoms with Crippen molar-refractivity contribution in [3.8, 4) is 0 Å². The Morgan fingerprint density at radius 3 is 2.57 bits per heavy atom. The van der Waals surface area contributed by atoms with Crippen LogP contribution in [0.25, 0.3) is 0 Å². The second-order valence-corrected chi connectivity index (χ2v) is 3.54. The van der Waals surface area contributed by atoms with Crippen LogP contribution in [-0.2, 0) is 0 Å². The molecule has 38 valence electrons. The van der Waals surface area contributed by atoms with E-state index in [9.17, 15) is 0 Å². The Kier molecular flexibility index (Phi) is 0.260. The summed E-state index contributed by atoms with van der Waals surface area (Å²) in [5.41, 5.74) is 1.03. The predicted molar refractivity (Wildman–Crippen MR) is 27.9 cm³/mol. The van der Waals surface area contributed by atoms with E-state index in [0.717, 1.165) is 5.41 Å². The molecule has 3 atom stereocenters. The van der Waals surface area contributed by atoms with Gasteiger partial charge in [0.15, 0.2) is 0 Å². The zero-order valence-electron chi connectivity index (χ0n) is 4.48. The lowest BCUT2D eigenvalue weighted by atomic mass is 10.1. The summed E-state index contributed by atoms with van der Waals surface area (Å²) in [6, 6.07) is 0. The normalized spacial score (nSPS) is 72.0. The van der Waals surface area contributed by atoms with Gasteiger partial charge in [-0.3, -0.25) is 0 Å². The standard InChI is InChI=1S/C7H10/c1-2-5-6-4-7(5,6)3-1/h5-6H,1-4H2/t5?,6-,7?/m1/s1. The molecule has 0 aromatic rings.